The molecule has 0 aliphatic heterocycles. The van der Waals surface area contributed by atoms with E-state index >= 15 is 0 Å². The third-order valence-corrected chi connectivity index (χ3v) is 2.62. The van der Waals surface area contributed by atoms with Crippen molar-refractivity contribution >= 4 is 11.8 Å². The number of rotatable bonds is 6. The van der Waals surface area contributed by atoms with Gasteiger partial charge in [0.05, 0.1) is 12.7 Å². The van der Waals surface area contributed by atoms with E-state index in [-0.39, 0.29) is 5.82 Å². The molecule has 0 bridgehead atoms. The minimum absolute atomic E-state index is 0.164. The van der Waals surface area contributed by atoms with Crippen molar-refractivity contribution in [2.75, 3.05) is 30.8 Å². The van der Waals surface area contributed by atoms with Crippen molar-refractivity contribution in [1.82, 2.24) is 9.97 Å². The zero-order valence-corrected chi connectivity index (χ0v) is 11.5. The van der Waals surface area contributed by atoms with E-state index in [0.717, 1.165) is 17.5 Å². The van der Waals surface area contributed by atoms with Crippen LogP contribution >= 0.6 is 0 Å². The van der Waals surface area contributed by atoms with Crippen molar-refractivity contribution in [3.05, 3.63) is 41.8 Å². The van der Waals surface area contributed by atoms with Crippen LogP contribution in [0.15, 0.2) is 30.5 Å². The fourth-order valence-corrected chi connectivity index (χ4v) is 1.65. The lowest BCUT2D eigenvalue weighted by atomic mass is 10.2. The van der Waals surface area contributed by atoms with Crippen LogP contribution in [0, 0.1) is 12.7 Å². The Morgan fingerprint density at radius 3 is 2.95 bits per heavy atom. The normalized spacial score (nSPS) is 10.2. The maximum absolute atomic E-state index is 13.5. The van der Waals surface area contributed by atoms with Gasteiger partial charge in [-0.05, 0) is 24.6 Å². The van der Waals surface area contributed by atoms with Crippen molar-refractivity contribution in [3.63, 3.8) is 0 Å². The summed E-state index contributed by atoms with van der Waals surface area (Å²) in [5.41, 5.74) is 1.14. The lowest BCUT2D eigenvalue weighted by Gasteiger charge is -2.09. The van der Waals surface area contributed by atoms with Gasteiger partial charge in [-0.1, -0.05) is 12.1 Å². The first-order valence-corrected chi connectivity index (χ1v) is 6.32. The molecule has 5 nitrogen and oxygen atoms in total. The Labute approximate surface area is 117 Å². The summed E-state index contributed by atoms with van der Waals surface area (Å²) >= 11 is 0. The lowest BCUT2D eigenvalue weighted by Crippen LogP contribution is -2.14. The summed E-state index contributed by atoms with van der Waals surface area (Å²) in [6, 6.07) is 7.77. The van der Waals surface area contributed by atoms with E-state index in [2.05, 4.69) is 20.6 Å². The van der Waals surface area contributed by atoms with Gasteiger partial charge in [-0.3, -0.25) is 0 Å². The number of hydrogen-bond donors (Lipinski definition) is 2. The minimum Gasteiger partial charge on any atom is -0.492 e. The summed E-state index contributed by atoms with van der Waals surface area (Å²) in [7, 11) is 1.68. The Hall–Kier alpha value is -2.37. The number of anilines is 2. The van der Waals surface area contributed by atoms with E-state index < -0.39 is 5.82 Å². The molecule has 0 atom stereocenters. The summed E-state index contributed by atoms with van der Waals surface area (Å²) in [5.74, 6) is 0.844. The Balaban J connectivity index is 1.84. The largest absolute Gasteiger partial charge is 0.492 e. The number of aromatic nitrogens is 2. The number of nitrogens with zero attached hydrogens (tertiary/aromatic N) is 2. The molecule has 2 aromatic rings. The van der Waals surface area contributed by atoms with Crippen LogP contribution in [0.3, 0.4) is 0 Å². The van der Waals surface area contributed by atoms with Crippen LogP contribution in [0.2, 0.25) is 0 Å². The second kappa shape index (κ2) is 6.70. The molecule has 2 N–H and O–H groups in total. The Bertz CT molecular complexity index is 577. The predicted octanol–water partition coefficient (Wildman–Crippen LogP) is 2.46. The molecule has 0 fully saturated rings. The standard InChI is InChI=1S/C14H17FN4O/c1-10-4-3-5-11(8-10)20-7-6-17-13-12(15)9-18-14(16-2)19-13/h3-5,8-9H,6-7H2,1-2H3,(H2,16,17,18,19). The number of nitrogens with one attached hydrogen (secondary N) is 2. The quantitative estimate of drug-likeness (QED) is 0.794. The lowest BCUT2D eigenvalue weighted by molar-refractivity contribution is 0.332. The van der Waals surface area contributed by atoms with Crippen LogP contribution in [-0.4, -0.2) is 30.2 Å². The van der Waals surface area contributed by atoms with Gasteiger partial charge >= 0.3 is 0 Å². The van der Waals surface area contributed by atoms with Gasteiger partial charge in [0.25, 0.3) is 0 Å². The Morgan fingerprint density at radius 1 is 1.35 bits per heavy atom. The molecule has 1 aromatic carbocycles. The molecule has 0 saturated heterocycles. The first-order valence-electron chi connectivity index (χ1n) is 6.32. The highest BCUT2D eigenvalue weighted by Gasteiger charge is 2.05. The van der Waals surface area contributed by atoms with Crippen molar-refractivity contribution in [2.45, 2.75) is 6.92 Å². The highest BCUT2D eigenvalue weighted by atomic mass is 19.1. The fraction of sp³-hybridized carbons (Fsp3) is 0.286. The van der Waals surface area contributed by atoms with E-state index in [0.29, 0.717) is 19.1 Å². The maximum atomic E-state index is 13.5. The molecule has 0 aliphatic carbocycles. The van der Waals surface area contributed by atoms with Gasteiger partial charge in [0.15, 0.2) is 11.6 Å². The number of halogens is 1. The second-order valence-electron chi connectivity index (χ2n) is 4.23. The van der Waals surface area contributed by atoms with Crippen molar-refractivity contribution in [2.24, 2.45) is 0 Å². The van der Waals surface area contributed by atoms with E-state index in [4.69, 9.17) is 4.74 Å². The first-order chi connectivity index (χ1) is 9.69. The first kappa shape index (κ1) is 14.0. The van der Waals surface area contributed by atoms with E-state index in [1.807, 2.05) is 31.2 Å². The molecule has 1 heterocycles. The number of aryl methyl sites for hydroxylation is 1. The van der Waals surface area contributed by atoms with E-state index in [1.165, 1.54) is 0 Å². The SMILES string of the molecule is CNc1ncc(F)c(NCCOc2cccc(C)c2)n1. The van der Waals surface area contributed by atoms with Gasteiger partial charge in [-0.25, -0.2) is 9.37 Å². The summed E-state index contributed by atoms with van der Waals surface area (Å²) < 4.78 is 19.0. The average molecular weight is 276 g/mol. The molecule has 106 valence electrons. The van der Waals surface area contributed by atoms with Gasteiger partial charge in [0, 0.05) is 7.05 Å². The van der Waals surface area contributed by atoms with Crippen LogP contribution in [0.25, 0.3) is 0 Å². The molecule has 0 aliphatic rings. The van der Waals surface area contributed by atoms with E-state index in [9.17, 15) is 4.39 Å². The number of benzene rings is 1. The molecule has 0 spiro atoms. The molecule has 0 saturated carbocycles. The van der Waals surface area contributed by atoms with Gasteiger partial charge in [0.2, 0.25) is 5.95 Å². The molecule has 2 rings (SSSR count). The Morgan fingerprint density at radius 2 is 2.20 bits per heavy atom. The topological polar surface area (TPSA) is 59.1 Å². The molecule has 6 heteroatoms. The van der Waals surface area contributed by atoms with E-state index in [1.54, 1.807) is 7.05 Å². The second-order valence-corrected chi connectivity index (χ2v) is 4.23. The van der Waals surface area contributed by atoms with Crippen molar-refractivity contribution < 1.29 is 9.13 Å². The van der Waals surface area contributed by atoms with Crippen LogP contribution in [0.1, 0.15) is 5.56 Å². The van der Waals surface area contributed by atoms with Gasteiger partial charge in [-0.2, -0.15) is 4.98 Å². The van der Waals surface area contributed by atoms with Gasteiger partial charge in [0.1, 0.15) is 12.4 Å². The third-order valence-electron chi connectivity index (χ3n) is 2.62. The molecule has 0 radical (unpaired) electrons. The smallest absolute Gasteiger partial charge is 0.224 e. The van der Waals surface area contributed by atoms with Crippen LogP contribution in [-0.2, 0) is 0 Å². The van der Waals surface area contributed by atoms with Crippen molar-refractivity contribution in [3.8, 4) is 5.75 Å². The molecule has 0 amide bonds. The highest BCUT2D eigenvalue weighted by Crippen LogP contribution is 2.13. The highest BCUT2D eigenvalue weighted by molar-refractivity contribution is 5.40. The van der Waals surface area contributed by atoms with Gasteiger partial charge in [-0.15, -0.1) is 0 Å². The maximum Gasteiger partial charge on any atom is 0.224 e. The van der Waals surface area contributed by atoms with Crippen molar-refractivity contribution in [1.29, 1.82) is 0 Å². The van der Waals surface area contributed by atoms with Crippen LogP contribution in [0.4, 0.5) is 16.2 Å². The summed E-state index contributed by atoms with van der Waals surface area (Å²) in [6.07, 6.45) is 1.13. The average Bonchev–Trinajstić information content (AvgIpc) is 2.45. The molecule has 1 aromatic heterocycles. The zero-order chi connectivity index (χ0) is 14.4. The summed E-state index contributed by atoms with van der Waals surface area (Å²) in [5, 5.41) is 5.64. The molecule has 0 unspecified atom stereocenters. The Kier molecular flexibility index (Phi) is 4.70. The molecular weight excluding hydrogens is 259 g/mol. The van der Waals surface area contributed by atoms with Gasteiger partial charge < -0.3 is 15.4 Å². The molecule has 20 heavy (non-hydrogen) atoms. The molecular formula is C14H17FN4O. The minimum atomic E-state index is -0.487. The number of ether oxygens (including phenoxy) is 1. The summed E-state index contributed by atoms with van der Waals surface area (Å²) in [6.45, 7) is 2.87. The summed E-state index contributed by atoms with van der Waals surface area (Å²) in [4.78, 5) is 7.76. The third kappa shape index (κ3) is 3.81. The zero-order valence-electron chi connectivity index (χ0n) is 11.5. The van der Waals surface area contributed by atoms with Crippen LogP contribution in [0.5, 0.6) is 5.75 Å². The monoisotopic (exact) mass is 276 g/mol. The number of hydrogen-bond acceptors (Lipinski definition) is 5. The van der Waals surface area contributed by atoms with Crippen LogP contribution < -0.4 is 15.4 Å². The fourth-order valence-electron chi connectivity index (χ4n) is 1.65. The predicted molar refractivity (Wildman–Crippen MR) is 76.7 cm³/mol.